The van der Waals surface area contributed by atoms with Crippen molar-refractivity contribution in [3.63, 3.8) is 0 Å². The number of imidazole rings is 1. The molecule has 0 amide bonds. The predicted octanol–water partition coefficient (Wildman–Crippen LogP) is 4.09. The van der Waals surface area contributed by atoms with Gasteiger partial charge in [0.1, 0.15) is 17.3 Å². The van der Waals surface area contributed by atoms with Gasteiger partial charge in [-0.1, -0.05) is 17.7 Å². The Morgan fingerprint density at radius 3 is 2.81 bits per heavy atom. The minimum atomic E-state index is 0.164. The predicted molar refractivity (Wildman–Crippen MR) is 84.1 cm³/mol. The number of methoxy groups -OCH3 is 1. The van der Waals surface area contributed by atoms with Gasteiger partial charge in [0.2, 0.25) is 0 Å². The van der Waals surface area contributed by atoms with Gasteiger partial charge < -0.3 is 14.4 Å². The highest BCUT2D eigenvalue weighted by atomic mass is 35.5. The fourth-order valence-corrected chi connectivity index (χ4v) is 2.75. The molecule has 2 aromatic carbocycles. The van der Waals surface area contributed by atoms with Crippen molar-refractivity contribution < 1.29 is 9.84 Å². The Hall–Kier alpha value is -2.20. The minimum absolute atomic E-state index is 0.164. The van der Waals surface area contributed by atoms with Crippen LogP contribution in [0.3, 0.4) is 0 Å². The molecule has 108 valence electrons. The molecule has 0 saturated carbocycles. The summed E-state index contributed by atoms with van der Waals surface area (Å²) in [7, 11) is 1.59. The van der Waals surface area contributed by atoms with Gasteiger partial charge >= 0.3 is 0 Å². The largest absolute Gasteiger partial charge is 0.507 e. The Morgan fingerprint density at radius 1 is 1.29 bits per heavy atom. The van der Waals surface area contributed by atoms with E-state index >= 15 is 0 Å². The van der Waals surface area contributed by atoms with E-state index in [1.54, 1.807) is 25.3 Å². The molecule has 0 atom stereocenters. The molecule has 3 rings (SSSR count). The number of benzene rings is 2. The van der Waals surface area contributed by atoms with Gasteiger partial charge in [0.25, 0.3) is 0 Å². The third kappa shape index (κ3) is 2.21. The number of halogens is 1. The Morgan fingerprint density at radius 2 is 2.10 bits per heavy atom. The first kappa shape index (κ1) is 13.8. The van der Waals surface area contributed by atoms with Gasteiger partial charge in [0.05, 0.1) is 28.7 Å². The number of fused-ring (bicyclic) bond motifs is 1. The second-order valence-corrected chi connectivity index (χ2v) is 5.08. The van der Waals surface area contributed by atoms with Crippen LogP contribution in [0.15, 0.2) is 36.4 Å². The Balaban J connectivity index is 2.32. The average molecular weight is 303 g/mol. The zero-order chi connectivity index (χ0) is 15.0. The Kier molecular flexibility index (Phi) is 3.47. The summed E-state index contributed by atoms with van der Waals surface area (Å²) in [5.74, 6) is 1.51. The first-order valence-corrected chi connectivity index (χ1v) is 7.05. The summed E-state index contributed by atoms with van der Waals surface area (Å²) in [6.07, 6.45) is 0. The summed E-state index contributed by atoms with van der Waals surface area (Å²) in [4.78, 5) is 4.61. The van der Waals surface area contributed by atoms with Crippen molar-refractivity contribution in [2.24, 2.45) is 0 Å². The van der Waals surface area contributed by atoms with Crippen LogP contribution < -0.4 is 4.74 Å². The van der Waals surface area contributed by atoms with Crippen LogP contribution in [0.4, 0.5) is 0 Å². The van der Waals surface area contributed by atoms with Gasteiger partial charge in [0.15, 0.2) is 0 Å². The van der Waals surface area contributed by atoms with Crippen LogP contribution in [0.2, 0.25) is 5.02 Å². The van der Waals surface area contributed by atoms with Crippen molar-refractivity contribution in [1.82, 2.24) is 9.55 Å². The molecule has 0 aliphatic heterocycles. The molecule has 1 heterocycles. The fourth-order valence-electron chi connectivity index (χ4n) is 2.48. The molecule has 5 heteroatoms. The van der Waals surface area contributed by atoms with Gasteiger partial charge in [-0.25, -0.2) is 4.98 Å². The lowest BCUT2D eigenvalue weighted by molar-refractivity contribution is 0.412. The number of phenolic OH excluding ortho intramolecular Hbond substituents is 1. The number of rotatable bonds is 3. The third-order valence-electron chi connectivity index (χ3n) is 3.48. The van der Waals surface area contributed by atoms with Crippen LogP contribution in [0, 0.1) is 0 Å². The number of nitrogens with zero attached hydrogens (tertiary/aromatic N) is 2. The van der Waals surface area contributed by atoms with Crippen LogP contribution in [-0.2, 0) is 6.54 Å². The fraction of sp³-hybridized carbons (Fsp3) is 0.188. The lowest BCUT2D eigenvalue weighted by atomic mass is 10.1. The number of para-hydroxylation sites is 1. The summed E-state index contributed by atoms with van der Waals surface area (Å²) >= 11 is 6.29. The summed E-state index contributed by atoms with van der Waals surface area (Å²) < 4.78 is 7.22. The molecular weight excluding hydrogens is 288 g/mol. The number of phenols is 1. The second-order valence-electron chi connectivity index (χ2n) is 4.67. The van der Waals surface area contributed by atoms with E-state index in [4.69, 9.17) is 16.3 Å². The number of hydrogen-bond acceptors (Lipinski definition) is 3. The highest BCUT2D eigenvalue weighted by molar-refractivity contribution is 6.35. The van der Waals surface area contributed by atoms with Gasteiger partial charge in [0, 0.05) is 6.54 Å². The summed E-state index contributed by atoms with van der Waals surface area (Å²) in [6.45, 7) is 2.72. The monoisotopic (exact) mass is 302 g/mol. The van der Waals surface area contributed by atoms with E-state index in [-0.39, 0.29) is 5.75 Å². The number of aryl methyl sites for hydroxylation is 1. The number of ether oxygens (including phenoxy) is 1. The van der Waals surface area contributed by atoms with Crippen LogP contribution in [0.1, 0.15) is 6.92 Å². The van der Waals surface area contributed by atoms with Gasteiger partial charge in [-0.3, -0.25) is 0 Å². The van der Waals surface area contributed by atoms with Crippen LogP contribution in [0.25, 0.3) is 22.4 Å². The Bertz CT molecular complexity index is 811. The standard InChI is InChI=1S/C16H15ClN2O2/c1-3-19-15-12(17)5-4-6-13(15)18-16(19)11-9-10(21-2)7-8-14(11)20/h4-9,20H,3H2,1-2H3. The van der Waals surface area contributed by atoms with Gasteiger partial charge in [-0.2, -0.15) is 0 Å². The van der Waals surface area contributed by atoms with Crippen molar-refractivity contribution in [3.05, 3.63) is 41.4 Å². The summed E-state index contributed by atoms with van der Waals surface area (Å²) in [5, 5.41) is 10.8. The van der Waals surface area contributed by atoms with Crippen molar-refractivity contribution in [2.45, 2.75) is 13.5 Å². The third-order valence-corrected chi connectivity index (χ3v) is 3.78. The highest BCUT2D eigenvalue weighted by Crippen LogP contribution is 2.35. The van der Waals surface area contributed by atoms with Gasteiger partial charge in [-0.05, 0) is 37.3 Å². The molecule has 3 aromatic rings. The number of hydrogen-bond donors (Lipinski definition) is 1. The average Bonchev–Trinajstić information content (AvgIpc) is 2.87. The highest BCUT2D eigenvalue weighted by Gasteiger charge is 2.17. The van der Waals surface area contributed by atoms with Crippen LogP contribution in [-0.4, -0.2) is 21.8 Å². The first-order valence-electron chi connectivity index (χ1n) is 6.67. The molecule has 0 spiro atoms. The maximum Gasteiger partial charge on any atom is 0.145 e. The van der Waals surface area contributed by atoms with Crippen LogP contribution >= 0.6 is 11.6 Å². The molecule has 0 aliphatic carbocycles. The van der Waals surface area contributed by atoms with Crippen molar-refractivity contribution in [2.75, 3.05) is 7.11 Å². The Labute approximate surface area is 127 Å². The van der Waals surface area contributed by atoms with E-state index in [2.05, 4.69) is 4.98 Å². The lowest BCUT2D eigenvalue weighted by Gasteiger charge is -2.10. The topological polar surface area (TPSA) is 47.3 Å². The van der Waals surface area contributed by atoms with Crippen molar-refractivity contribution in [3.8, 4) is 22.9 Å². The summed E-state index contributed by atoms with van der Waals surface area (Å²) in [5.41, 5.74) is 2.31. The number of aromatic hydroxyl groups is 1. The van der Waals surface area contributed by atoms with E-state index in [9.17, 15) is 5.11 Å². The lowest BCUT2D eigenvalue weighted by Crippen LogP contribution is -1.98. The zero-order valence-electron chi connectivity index (χ0n) is 11.8. The minimum Gasteiger partial charge on any atom is -0.507 e. The van der Waals surface area contributed by atoms with E-state index in [0.717, 1.165) is 11.0 Å². The maximum atomic E-state index is 10.2. The molecule has 0 fully saturated rings. The molecule has 21 heavy (non-hydrogen) atoms. The molecular formula is C16H15ClN2O2. The smallest absolute Gasteiger partial charge is 0.145 e. The molecule has 1 N–H and O–H groups in total. The molecule has 0 bridgehead atoms. The summed E-state index contributed by atoms with van der Waals surface area (Å²) in [6, 6.07) is 10.7. The van der Waals surface area contributed by atoms with Gasteiger partial charge in [-0.15, -0.1) is 0 Å². The molecule has 1 aromatic heterocycles. The van der Waals surface area contributed by atoms with E-state index in [0.29, 0.717) is 28.7 Å². The van der Waals surface area contributed by atoms with Crippen molar-refractivity contribution >= 4 is 22.6 Å². The second kappa shape index (κ2) is 5.30. The van der Waals surface area contributed by atoms with E-state index < -0.39 is 0 Å². The molecule has 4 nitrogen and oxygen atoms in total. The molecule has 0 radical (unpaired) electrons. The molecule has 0 saturated heterocycles. The van der Waals surface area contributed by atoms with E-state index in [1.807, 2.05) is 29.7 Å². The van der Waals surface area contributed by atoms with E-state index in [1.165, 1.54) is 0 Å². The quantitative estimate of drug-likeness (QED) is 0.792. The van der Waals surface area contributed by atoms with Crippen LogP contribution in [0.5, 0.6) is 11.5 Å². The normalized spacial score (nSPS) is 11.0. The number of aromatic nitrogens is 2. The first-order chi connectivity index (χ1) is 10.2. The van der Waals surface area contributed by atoms with Crippen molar-refractivity contribution in [1.29, 1.82) is 0 Å². The molecule has 0 unspecified atom stereocenters. The SMILES string of the molecule is CCn1c(-c2cc(OC)ccc2O)nc2cccc(Cl)c21. The molecule has 0 aliphatic rings. The zero-order valence-corrected chi connectivity index (χ0v) is 12.6. The maximum absolute atomic E-state index is 10.2.